The van der Waals surface area contributed by atoms with Crippen LogP contribution in [0.25, 0.3) is 0 Å². The highest BCUT2D eigenvalue weighted by Crippen LogP contribution is 2.41. The molecule has 0 atom stereocenters. The van der Waals surface area contributed by atoms with Crippen molar-refractivity contribution in [2.24, 2.45) is 0 Å². The lowest BCUT2D eigenvalue weighted by molar-refractivity contribution is 0.454. The fourth-order valence-corrected chi connectivity index (χ4v) is 4.69. The molecule has 0 unspecified atom stereocenters. The Hall–Kier alpha value is 0.130. The predicted molar refractivity (Wildman–Crippen MR) is 81.9 cm³/mol. The SMILES string of the molecule is [B]1C2CCCC1CCC2.[B]1C2CCCC1CCC2. The maximum atomic E-state index is 2.62. The Morgan fingerprint density at radius 3 is 0.778 bits per heavy atom. The van der Waals surface area contributed by atoms with Crippen molar-refractivity contribution in [2.75, 3.05) is 0 Å². The molecular weight excluding hydrogens is 214 g/mol. The van der Waals surface area contributed by atoms with E-state index in [-0.39, 0.29) is 0 Å². The molecule has 4 bridgehead atoms. The second-order valence-electron chi connectivity index (χ2n) is 7.15. The molecule has 0 aromatic carbocycles. The van der Waals surface area contributed by atoms with Crippen molar-refractivity contribution in [2.45, 2.75) is 100 Å². The third kappa shape index (κ3) is 3.58. The maximum absolute atomic E-state index is 2.62. The van der Waals surface area contributed by atoms with Crippen LogP contribution >= 0.6 is 0 Å². The minimum atomic E-state index is 1.03. The topological polar surface area (TPSA) is 0 Å². The van der Waals surface area contributed by atoms with Crippen molar-refractivity contribution in [3.63, 3.8) is 0 Å². The summed E-state index contributed by atoms with van der Waals surface area (Å²) in [6, 6.07) is 0. The summed E-state index contributed by atoms with van der Waals surface area (Å²) in [5.74, 6) is 4.10. The molecule has 0 nitrogen and oxygen atoms in total. The zero-order chi connectivity index (χ0) is 12.2. The van der Waals surface area contributed by atoms with Gasteiger partial charge in [0.25, 0.3) is 0 Å². The first-order valence-corrected chi connectivity index (χ1v) is 8.60. The van der Waals surface area contributed by atoms with Gasteiger partial charge in [0.2, 0.25) is 0 Å². The van der Waals surface area contributed by atoms with Crippen molar-refractivity contribution < 1.29 is 0 Å². The van der Waals surface area contributed by atoms with Crippen molar-refractivity contribution in [1.29, 1.82) is 0 Å². The van der Waals surface area contributed by atoms with E-state index in [1.165, 1.54) is 77.0 Å². The van der Waals surface area contributed by atoms with Crippen LogP contribution in [-0.2, 0) is 0 Å². The first-order valence-electron chi connectivity index (χ1n) is 8.60. The molecule has 0 aromatic heterocycles. The molecule has 4 heterocycles. The van der Waals surface area contributed by atoms with Gasteiger partial charge in [-0.2, -0.15) is 0 Å². The van der Waals surface area contributed by atoms with Crippen molar-refractivity contribution >= 4 is 14.6 Å². The van der Waals surface area contributed by atoms with Crippen LogP contribution in [0, 0.1) is 0 Å². The normalized spacial score (nSPS) is 41.8. The van der Waals surface area contributed by atoms with E-state index in [4.69, 9.17) is 0 Å². The monoisotopic (exact) mass is 242 g/mol. The Balaban J connectivity index is 0.000000111. The molecular formula is C16H28B2. The molecule has 18 heavy (non-hydrogen) atoms. The summed E-state index contributed by atoms with van der Waals surface area (Å²) in [5, 5.41) is 0. The molecule has 4 saturated heterocycles. The second kappa shape index (κ2) is 6.53. The van der Waals surface area contributed by atoms with Crippen LogP contribution in [0.4, 0.5) is 0 Å². The van der Waals surface area contributed by atoms with Gasteiger partial charge in [-0.05, 0) is 0 Å². The van der Waals surface area contributed by atoms with Gasteiger partial charge in [-0.1, -0.05) is 100 Å². The Kier molecular flexibility index (Phi) is 4.76. The second-order valence-corrected chi connectivity index (χ2v) is 7.15. The third-order valence-corrected chi connectivity index (χ3v) is 5.69. The molecule has 98 valence electrons. The van der Waals surface area contributed by atoms with E-state index in [9.17, 15) is 0 Å². The standard InChI is InChI=1S/2C8H14B/c2*1-3-7-5-2-6-8(4-1)9-7/h2*7-8H,1-6H2. The molecule has 4 rings (SSSR count). The van der Waals surface area contributed by atoms with Crippen molar-refractivity contribution in [3.8, 4) is 0 Å². The molecule has 2 radical (unpaired) electrons. The third-order valence-electron chi connectivity index (χ3n) is 5.69. The lowest BCUT2D eigenvalue weighted by Crippen LogP contribution is -2.21. The fraction of sp³-hybridized carbons (Fsp3) is 1.00. The Bertz CT molecular complexity index is 187. The summed E-state index contributed by atoms with van der Waals surface area (Å²) >= 11 is 0. The Morgan fingerprint density at radius 2 is 0.611 bits per heavy atom. The maximum Gasteiger partial charge on any atom is 0.117 e. The highest BCUT2D eigenvalue weighted by molar-refractivity contribution is 6.40. The number of hydrogen-bond donors (Lipinski definition) is 0. The average molecular weight is 242 g/mol. The van der Waals surface area contributed by atoms with E-state index in [1.54, 1.807) is 0 Å². The van der Waals surface area contributed by atoms with Gasteiger partial charge in [-0.25, -0.2) is 0 Å². The van der Waals surface area contributed by atoms with Crippen molar-refractivity contribution in [1.82, 2.24) is 0 Å². The highest BCUT2D eigenvalue weighted by atomic mass is 14.2. The first-order chi connectivity index (χ1) is 8.90. The van der Waals surface area contributed by atoms with Gasteiger partial charge >= 0.3 is 0 Å². The molecule has 0 saturated carbocycles. The Morgan fingerprint density at radius 1 is 0.389 bits per heavy atom. The fourth-order valence-electron chi connectivity index (χ4n) is 4.69. The van der Waals surface area contributed by atoms with Crippen LogP contribution in [0.15, 0.2) is 0 Å². The van der Waals surface area contributed by atoms with Gasteiger partial charge in [0.05, 0.1) is 0 Å². The zero-order valence-electron chi connectivity index (χ0n) is 11.9. The zero-order valence-corrected chi connectivity index (χ0v) is 11.9. The first kappa shape index (κ1) is 13.1. The van der Waals surface area contributed by atoms with E-state index in [1.807, 2.05) is 0 Å². The van der Waals surface area contributed by atoms with Crippen molar-refractivity contribution in [3.05, 3.63) is 0 Å². The summed E-state index contributed by atoms with van der Waals surface area (Å²) in [5.41, 5.74) is 0. The quantitative estimate of drug-likeness (QED) is 0.507. The number of rotatable bonds is 0. The van der Waals surface area contributed by atoms with E-state index in [0.29, 0.717) is 0 Å². The van der Waals surface area contributed by atoms with Gasteiger partial charge in [0.1, 0.15) is 14.6 Å². The van der Waals surface area contributed by atoms with E-state index in [2.05, 4.69) is 14.6 Å². The van der Waals surface area contributed by atoms with E-state index in [0.717, 1.165) is 23.3 Å². The van der Waals surface area contributed by atoms with Crippen LogP contribution in [0.5, 0.6) is 0 Å². The van der Waals surface area contributed by atoms with E-state index < -0.39 is 0 Å². The van der Waals surface area contributed by atoms with E-state index >= 15 is 0 Å². The van der Waals surface area contributed by atoms with Crippen LogP contribution in [0.2, 0.25) is 23.3 Å². The summed E-state index contributed by atoms with van der Waals surface area (Å²) in [6.07, 6.45) is 18.0. The summed E-state index contributed by atoms with van der Waals surface area (Å²) in [4.78, 5) is 0. The number of fused-ring (bicyclic) bond motifs is 4. The highest BCUT2D eigenvalue weighted by Gasteiger charge is 2.27. The predicted octanol–water partition coefficient (Wildman–Crippen LogP) is 5.27. The molecule has 4 aliphatic rings. The number of hydrogen-bond acceptors (Lipinski definition) is 0. The van der Waals surface area contributed by atoms with Crippen LogP contribution in [0.1, 0.15) is 77.0 Å². The van der Waals surface area contributed by atoms with Gasteiger partial charge < -0.3 is 0 Å². The molecule has 4 fully saturated rings. The van der Waals surface area contributed by atoms with Crippen LogP contribution < -0.4 is 0 Å². The van der Waals surface area contributed by atoms with Gasteiger partial charge in [0, 0.05) is 0 Å². The molecule has 0 aliphatic carbocycles. The van der Waals surface area contributed by atoms with Gasteiger partial charge in [-0.3, -0.25) is 0 Å². The van der Waals surface area contributed by atoms with Crippen LogP contribution in [-0.4, -0.2) is 14.6 Å². The minimum absolute atomic E-state index is 1.03. The smallest absolute Gasteiger partial charge is 0.0686 e. The minimum Gasteiger partial charge on any atom is -0.0686 e. The largest absolute Gasteiger partial charge is 0.117 e. The van der Waals surface area contributed by atoms with Gasteiger partial charge in [-0.15, -0.1) is 0 Å². The molecule has 0 aromatic rings. The average Bonchev–Trinajstić information content (AvgIpc) is 2.40. The molecule has 4 aliphatic heterocycles. The van der Waals surface area contributed by atoms with Crippen LogP contribution in [0.3, 0.4) is 0 Å². The summed E-state index contributed by atoms with van der Waals surface area (Å²) in [6.45, 7) is 0. The lowest BCUT2D eigenvalue weighted by Gasteiger charge is -2.33. The van der Waals surface area contributed by atoms with Gasteiger partial charge in [0.15, 0.2) is 0 Å². The summed E-state index contributed by atoms with van der Waals surface area (Å²) in [7, 11) is 5.24. The molecule has 0 amide bonds. The molecule has 2 heteroatoms. The molecule has 0 spiro atoms. The molecule has 0 N–H and O–H groups in total. The lowest BCUT2D eigenvalue weighted by atomic mass is 9.44. The summed E-state index contributed by atoms with van der Waals surface area (Å²) < 4.78 is 0. The Labute approximate surface area is 115 Å².